The Morgan fingerprint density at radius 3 is 2.22 bits per heavy atom. The molecule has 0 aromatic heterocycles. The zero-order valence-electron chi connectivity index (χ0n) is 11.6. The van der Waals surface area contributed by atoms with Crippen LogP contribution in [0, 0.1) is 0 Å². The third kappa shape index (κ3) is 3.84. The van der Waals surface area contributed by atoms with Crippen LogP contribution in [0.3, 0.4) is 0 Å². The number of likely N-dealkylation sites (N-methyl/N-ethyl adjacent to an activating group) is 1. The first-order valence-corrected chi connectivity index (χ1v) is 7.84. The lowest BCUT2D eigenvalue weighted by Crippen LogP contribution is -2.62. The van der Waals surface area contributed by atoms with Crippen LogP contribution < -0.4 is 0 Å². The molecule has 0 saturated carbocycles. The van der Waals surface area contributed by atoms with Crippen molar-refractivity contribution in [3.8, 4) is 0 Å². The molecule has 1 saturated heterocycles. The van der Waals surface area contributed by atoms with Crippen LogP contribution in [0.25, 0.3) is 0 Å². The van der Waals surface area contributed by atoms with Crippen LogP contribution in [0.1, 0.15) is 27.7 Å². The van der Waals surface area contributed by atoms with Gasteiger partial charge in [0, 0.05) is 19.6 Å². The molecule has 1 rings (SSSR count). The van der Waals surface area contributed by atoms with Crippen molar-refractivity contribution in [3.63, 3.8) is 0 Å². The minimum absolute atomic E-state index is 0.127. The summed E-state index contributed by atoms with van der Waals surface area (Å²) in [7, 11) is -3.20. The van der Waals surface area contributed by atoms with Crippen LogP contribution in [0.4, 0.5) is 4.79 Å². The molecule has 0 aromatic carbocycles. The smallest absolute Gasteiger partial charge is 0.410 e. The summed E-state index contributed by atoms with van der Waals surface area (Å²) in [6, 6.07) is -0.127. The number of hydrogen-bond acceptors (Lipinski definition) is 4. The van der Waals surface area contributed by atoms with Gasteiger partial charge in [-0.15, -0.1) is 0 Å². The Morgan fingerprint density at radius 2 is 1.89 bits per heavy atom. The van der Waals surface area contributed by atoms with Crippen LogP contribution in [0.5, 0.6) is 0 Å². The normalized spacial score (nSPS) is 17.8. The highest BCUT2D eigenvalue weighted by molar-refractivity contribution is 7.88. The van der Waals surface area contributed by atoms with Crippen molar-refractivity contribution in [2.24, 2.45) is 0 Å². The Balaban J connectivity index is 2.51. The van der Waals surface area contributed by atoms with Gasteiger partial charge in [-0.05, 0) is 20.8 Å². The fraction of sp³-hybridized carbons (Fsp3) is 0.909. The molecule has 7 heteroatoms. The molecular formula is C11H22N2O4S. The minimum atomic E-state index is -3.20. The van der Waals surface area contributed by atoms with E-state index in [1.807, 2.05) is 0 Å². The van der Waals surface area contributed by atoms with Gasteiger partial charge in [0.2, 0.25) is 10.0 Å². The minimum Gasteiger partial charge on any atom is -0.444 e. The van der Waals surface area contributed by atoms with Crippen molar-refractivity contribution in [2.45, 2.75) is 39.3 Å². The van der Waals surface area contributed by atoms with Crippen LogP contribution in [0.2, 0.25) is 0 Å². The van der Waals surface area contributed by atoms with E-state index in [1.165, 1.54) is 15.5 Å². The second-order valence-corrected chi connectivity index (χ2v) is 7.44. The first-order chi connectivity index (χ1) is 8.04. The molecule has 6 nitrogen and oxygen atoms in total. The molecule has 0 unspecified atom stereocenters. The Labute approximate surface area is 109 Å². The topological polar surface area (TPSA) is 66.9 Å². The molecule has 18 heavy (non-hydrogen) atoms. The summed E-state index contributed by atoms with van der Waals surface area (Å²) >= 11 is 0. The van der Waals surface area contributed by atoms with Gasteiger partial charge in [0.15, 0.2) is 0 Å². The van der Waals surface area contributed by atoms with E-state index >= 15 is 0 Å². The number of ether oxygens (including phenoxy) is 1. The molecule has 1 heterocycles. The van der Waals surface area contributed by atoms with Crippen molar-refractivity contribution in [2.75, 3.05) is 25.9 Å². The third-order valence-electron chi connectivity index (χ3n) is 2.66. The van der Waals surface area contributed by atoms with Gasteiger partial charge in [0.25, 0.3) is 0 Å². The van der Waals surface area contributed by atoms with Gasteiger partial charge in [0.1, 0.15) is 5.60 Å². The Morgan fingerprint density at radius 1 is 1.39 bits per heavy atom. The number of hydrogen-bond donors (Lipinski definition) is 0. The Bertz CT molecular complexity index is 407. The van der Waals surface area contributed by atoms with Crippen molar-refractivity contribution >= 4 is 16.1 Å². The van der Waals surface area contributed by atoms with E-state index in [-0.39, 0.29) is 12.1 Å². The summed E-state index contributed by atoms with van der Waals surface area (Å²) in [5, 5.41) is 0. The first-order valence-electron chi connectivity index (χ1n) is 5.99. The molecule has 0 atom stereocenters. The lowest BCUT2D eigenvalue weighted by Gasteiger charge is -2.43. The summed E-state index contributed by atoms with van der Waals surface area (Å²) < 4.78 is 29.6. The van der Waals surface area contributed by atoms with E-state index in [9.17, 15) is 13.2 Å². The lowest BCUT2D eigenvalue weighted by molar-refractivity contribution is -0.00293. The largest absolute Gasteiger partial charge is 0.444 e. The van der Waals surface area contributed by atoms with Crippen LogP contribution in [-0.2, 0) is 14.8 Å². The molecule has 1 fully saturated rings. The van der Waals surface area contributed by atoms with Crippen molar-refractivity contribution in [1.82, 2.24) is 9.21 Å². The fourth-order valence-electron chi connectivity index (χ4n) is 1.88. The monoisotopic (exact) mass is 278 g/mol. The summed E-state index contributed by atoms with van der Waals surface area (Å²) in [6.07, 6.45) is 0.801. The second kappa shape index (κ2) is 5.05. The zero-order chi connectivity index (χ0) is 14.1. The molecular weight excluding hydrogens is 256 g/mol. The zero-order valence-corrected chi connectivity index (χ0v) is 12.5. The Kier molecular flexibility index (Phi) is 4.27. The van der Waals surface area contributed by atoms with Gasteiger partial charge in [-0.2, -0.15) is 4.31 Å². The quantitative estimate of drug-likeness (QED) is 0.769. The highest BCUT2D eigenvalue weighted by Crippen LogP contribution is 2.20. The summed E-state index contributed by atoms with van der Waals surface area (Å²) in [6.45, 7) is 8.42. The van der Waals surface area contributed by atoms with Crippen LogP contribution >= 0.6 is 0 Å². The number of carbonyl (C=O) groups excluding carboxylic acids is 1. The maximum Gasteiger partial charge on any atom is 0.410 e. The van der Waals surface area contributed by atoms with Crippen molar-refractivity contribution in [1.29, 1.82) is 0 Å². The van der Waals surface area contributed by atoms with Gasteiger partial charge in [0.05, 0.1) is 12.3 Å². The Hall–Kier alpha value is -0.820. The number of likely N-dealkylation sites (tertiary alicyclic amines) is 1. The standard InChI is InChI=1S/C11H22N2O4S/c1-6-13(18(5,15)16)9-7-12(8-9)10(14)17-11(2,3)4/h9H,6-8H2,1-5H3. The van der Waals surface area contributed by atoms with E-state index < -0.39 is 15.6 Å². The number of amides is 1. The number of nitrogens with zero attached hydrogens (tertiary/aromatic N) is 2. The van der Waals surface area contributed by atoms with Crippen molar-refractivity contribution < 1.29 is 17.9 Å². The predicted molar refractivity (Wildman–Crippen MR) is 68.8 cm³/mol. The van der Waals surface area contributed by atoms with E-state index in [2.05, 4.69) is 0 Å². The van der Waals surface area contributed by atoms with Gasteiger partial charge >= 0.3 is 6.09 Å². The number of carbonyl (C=O) groups is 1. The van der Waals surface area contributed by atoms with Gasteiger partial charge in [-0.3, -0.25) is 0 Å². The van der Waals surface area contributed by atoms with Crippen LogP contribution in [0.15, 0.2) is 0 Å². The maximum atomic E-state index is 11.7. The van der Waals surface area contributed by atoms with E-state index in [0.29, 0.717) is 19.6 Å². The molecule has 0 bridgehead atoms. The molecule has 1 aliphatic heterocycles. The molecule has 1 aliphatic rings. The highest BCUT2D eigenvalue weighted by atomic mass is 32.2. The molecule has 0 aromatic rings. The lowest BCUT2D eigenvalue weighted by atomic mass is 10.1. The fourth-order valence-corrected chi connectivity index (χ4v) is 3.02. The average Bonchev–Trinajstić information content (AvgIpc) is 2.04. The third-order valence-corrected chi connectivity index (χ3v) is 4.07. The second-order valence-electron chi connectivity index (χ2n) is 5.51. The number of sulfonamides is 1. The van der Waals surface area contributed by atoms with Gasteiger partial charge in [-0.1, -0.05) is 6.92 Å². The molecule has 0 radical (unpaired) electrons. The summed E-state index contributed by atoms with van der Waals surface area (Å²) in [5.74, 6) is 0. The molecule has 0 aliphatic carbocycles. The SMILES string of the molecule is CCN(C1CN(C(=O)OC(C)(C)C)C1)S(C)(=O)=O. The van der Waals surface area contributed by atoms with Crippen LogP contribution in [-0.4, -0.2) is 61.2 Å². The average molecular weight is 278 g/mol. The molecule has 106 valence electrons. The van der Waals surface area contributed by atoms with Gasteiger partial charge < -0.3 is 9.64 Å². The first kappa shape index (κ1) is 15.2. The van der Waals surface area contributed by atoms with E-state index in [4.69, 9.17) is 4.74 Å². The summed E-state index contributed by atoms with van der Waals surface area (Å²) in [5.41, 5.74) is -0.524. The maximum absolute atomic E-state index is 11.7. The molecule has 0 spiro atoms. The van der Waals surface area contributed by atoms with E-state index in [0.717, 1.165) is 0 Å². The van der Waals surface area contributed by atoms with E-state index in [1.54, 1.807) is 27.7 Å². The van der Waals surface area contributed by atoms with Gasteiger partial charge in [-0.25, -0.2) is 13.2 Å². The number of rotatable bonds is 3. The molecule has 1 amide bonds. The summed E-state index contributed by atoms with van der Waals surface area (Å²) in [4.78, 5) is 13.2. The highest BCUT2D eigenvalue weighted by Gasteiger charge is 2.39. The van der Waals surface area contributed by atoms with Crippen molar-refractivity contribution in [3.05, 3.63) is 0 Å². The predicted octanol–water partition coefficient (Wildman–Crippen LogP) is 0.887. The molecule has 0 N–H and O–H groups in total.